The Morgan fingerprint density at radius 2 is 1.00 bits per heavy atom. The standard InChI is InChI=1S/C17H32.C13H28.C6H14.C3H8.3CH5N.I2/c1-12-7-5-9-16(14(12)3)11-17-10-6-8-13(2)15(17)4;1-10(2)7-12(5)9-13(6)8-11(3)4;1-3-5-6-4-2;1-3-2;4*1-2/h12-17H,5-11H2,1-4H3;10-13H,7-9H2,1-6H3;3-6H2,1-2H3;3H2,1-2H3;3*2H2,1H3;/i;;;1T;1D;1H;;. The number of unbranched alkanes of at least 4 members (excludes halogenated alkanes) is 3. The molecule has 47 heavy (non-hydrogen) atoms. The lowest BCUT2D eigenvalue weighted by Gasteiger charge is -2.40. The van der Waals surface area contributed by atoms with Crippen LogP contribution < -0.4 is 17.2 Å². The first-order valence-corrected chi connectivity index (χ1v) is 25.9. The van der Waals surface area contributed by atoms with Crippen molar-refractivity contribution in [3.63, 3.8) is 0 Å². The maximum atomic E-state index is 6.45. The van der Waals surface area contributed by atoms with E-state index in [2.05, 4.69) is 138 Å². The molecule has 6 N–H and O–H groups in total. The molecule has 2 aliphatic rings. The quantitative estimate of drug-likeness (QED) is 0.143. The molecule has 2 saturated carbocycles. The van der Waals surface area contributed by atoms with Gasteiger partial charge in [0.1, 0.15) is 0 Å². The van der Waals surface area contributed by atoms with Crippen LogP contribution in [0, 0.1) is 59.2 Å². The molecule has 0 spiro atoms. The van der Waals surface area contributed by atoms with Crippen molar-refractivity contribution < 1.29 is 4.11 Å². The van der Waals surface area contributed by atoms with Gasteiger partial charge in [-0.15, -0.1) is 0 Å². The van der Waals surface area contributed by atoms with Crippen LogP contribution in [0.2, 0.25) is 0 Å². The highest BCUT2D eigenvalue weighted by Crippen LogP contribution is 2.43. The molecular weight excluding hydrogens is 800 g/mol. The fraction of sp³-hybridized carbons (Fsp3) is 1.00. The van der Waals surface area contributed by atoms with E-state index in [-0.39, 0.29) is 14.0 Å². The molecule has 0 amide bonds. The van der Waals surface area contributed by atoms with Crippen molar-refractivity contribution in [2.75, 3.05) is 21.1 Å². The van der Waals surface area contributed by atoms with Gasteiger partial charge in [0.2, 0.25) is 0 Å². The molecule has 2 aliphatic carbocycles. The van der Waals surface area contributed by atoms with Crippen LogP contribution in [0.15, 0.2) is 0 Å². The summed E-state index contributed by atoms with van der Waals surface area (Å²) in [5.74, 6) is 9.54. The van der Waals surface area contributed by atoms with Crippen molar-refractivity contribution in [3.8, 4) is 0 Å². The molecule has 294 valence electrons. The Morgan fingerprint density at radius 3 is 1.23 bits per heavy atom. The average molecular weight is 901 g/mol. The summed E-state index contributed by atoms with van der Waals surface area (Å²) < 4.78 is 18.4. The van der Waals surface area contributed by atoms with E-state index >= 15 is 0 Å². The highest BCUT2D eigenvalue weighted by atomic mass is 128. The average Bonchev–Trinajstić information content (AvgIpc) is 3.07. The second-order valence-corrected chi connectivity index (χ2v) is 15.2. The van der Waals surface area contributed by atoms with E-state index in [0.717, 1.165) is 65.6 Å². The molecule has 0 aromatic rings. The Kier molecular flexibility index (Phi) is 53.1. The Labute approximate surface area is 330 Å². The summed E-state index contributed by atoms with van der Waals surface area (Å²) in [4.78, 5) is 0. The van der Waals surface area contributed by atoms with Crippen molar-refractivity contribution in [1.29, 1.82) is 0 Å². The zero-order valence-corrected chi connectivity index (χ0v) is 39.3. The van der Waals surface area contributed by atoms with Crippen molar-refractivity contribution in [2.45, 2.75) is 193 Å². The van der Waals surface area contributed by atoms with Crippen molar-refractivity contribution >= 4 is 37.2 Å². The molecule has 0 aromatic carbocycles. The third-order valence-corrected chi connectivity index (χ3v) is 9.87. The van der Waals surface area contributed by atoms with Crippen LogP contribution in [-0.2, 0) is 0 Å². The highest BCUT2D eigenvalue weighted by Gasteiger charge is 2.33. The molecule has 5 heteroatoms. The van der Waals surface area contributed by atoms with E-state index in [1.807, 2.05) is 6.92 Å². The number of halogens is 2. The van der Waals surface area contributed by atoms with E-state index in [1.165, 1.54) is 96.9 Å². The van der Waals surface area contributed by atoms with Crippen LogP contribution in [0.3, 0.4) is 0 Å². The lowest BCUT2D eigenvalue weighted by molar-refractivity contribution is 0.0995. The molecule has 8 atom stereocenters. The third kappa shape index (κ3) is 41.6. The minimum absolute atomic E-state index is 0. The smallest absolute Gasteiger partial charge is 0.0389 e. The monoisotopic (exact) mass is 901 g/mol. The Bertz CT molecular complexity index is 530. The SMILES string of the molecule is CC(C)CC(C)CC(C)CC(C)C.CC1CCCC(CC2CCCC(C)C2C)C1C.CCCCCC.CN.II.[1H]CN.[2H]CN.[3H]CCC. The molecule has 0 saturated heterocycles. The van der Waals surface area contributed by atoms with E-state index in [1.54, 1.807) is 0 Å². The first-order valence-electron chi connectivity index (χ1n) is 21.8. The number of hydrogen-bond donors (Lipinski definition) is 3. The van der Waals surface area contributed by atoms with Crippen molar-refractivity contribution in [2.24, 2.45) is 76.4 Å². The van der Waals surface area contributed by atoms with E-state index in [4.69, 9.17) is 4.11 Å². The molecule has 0 heterocycles. The van der Waals surface area contributed by atoms with Crippen LogP contribution in [-0.4, -0.2) is 21.1 Å². The van der Waals surface area contributed by atoms with Gasteiger partial charge >= 0.3 is 0 Å². The number of rotatable bonds is 11. The minimum atomic E-state index is 0. The van der Waals surface area contributed by atoms with Crippen LogP contribution >= 0.6 is 37.2 Å². The Balaban J connectivity index is -0.000000129. The molecule has 2 fully saturated rings. The van der Waals surface area contributed by atoms with E-state index in [0.29, 0.717) is 6.90 Å². The van der Waals surface area contributed by atoms with Crippen LogP contribution in [0.4, 0.5) is 0 Å². The van der Waals surface area contributed by atoms with Crippen molar-refractivity contribution in [1.82, 2.24) is 0 Å². The molecular formula is C42H97I2N3. The fourth-order valence-corrected chi connectivity index (χ4v) is 7.43. The van der Waals surface area contributed by atoms with Gasteiger partial charge in [0, 0.05) is 41.3 Å². The molecule has 0 aliphatic heterocycles. The first kappa shape index (κ1) is 52.7. The van der Waals surface area contributed by atoms with Gasteiger partial charge in [0.05, 0.1) is 0 Å². The molecule has 8 unspecified atom stereocenters. The summed E-state index contributed by atoms with van der Waals surface area (Å²) in [6.07, 6.45) is 21.2. The molecule has 2 rings (SSSR count). The van der Waals surface area contributed by atoms with Gasteiger partial charge in [0.25, 0.3) is 0 Å². The second-order valence-electron chi connectivity index (χ2n) is 15.2. The largest absolute Gasteiger partial charge is 0.333 e. The van der Waals surface area contributed by atoms with Gasteiger partial charge in [-0.25, -0.2) is 0 Å². The Hall–Kier alpha value is 1.34. The fourth-order valence-electron chi connectivity index (χ4n) is 7.43. The number of nitrogens with two attached hydrogens (primary N) is 3. The second kappa shape index (κ2) is 47.3. The van der Waals surface area contributed by atoms with Crippen molar-refractivity contribution in [3.05, 3.63) is 0 Å². The predicted octanol–water partition coefficient (Wildman–Crippen LogP) is 14.8. The van der Waals surface area contributed by atoms with Gasteiger partial charge in [-0.05, 0) is 106 Å². The normalized spacial score (nSPS) is 24.8. The summed E-state index contributed by atoms with van der Waals surface area (Å²) in [7, 11) is 1.50. The summed E-state index contributed by atoms with van der Waals surface area (Å²) in [6, 6.07) is 0. The topological polar surface area (TPSA) is 78.1 Å². The molecule has 0 bridgehead atoms. The molecule has 0 radical (unpaired) electrons. The third-order valence-electron chi connectivity index (χ3n) is 9.87. The summed E-state index contributed by atoms with van der Waals surface area (Å²) >= 11 is 4.24. The van der Waals surface area contributed by atoms with Crippen LogP contribution in [0.1, 0.15) is 197 Å². The Morgan fingerprint density at radius 1 is 0.702 bits per heavy atom. The lowest BCUT2D eigenvalue weighted by atomic mass is 9.65. The van der Waals surface area contributed by atoms with E-state index in [9.17, 15) is 0 Å². The summed E-state index contributed by atoms with van der Waals surface area (Å²) in [5.41, 5.74) is 13.5. The van der Waals surface area contributed by atoms with E-state index < -0.39 is 0 Å². The van der Waals surface area contributed by atoms with Crippen LogP contribution in [0.5, 0.6) is 0 Å². The first-order chi connectivity index (χ1) is 23.7. The number of hydrogen-bond acceptors (Lipinski definition) is 3. The van der Waals surface area contributed by atoms with Gasteiger partial charge in [-0.3, -0.25) is 0 Å². The lowest BCUT2D eigenvalue weighted by Crippen LogP contribution is -2.31. The summed E-state index contributed by atoms with van der Waals surface area (Å²) in [5, 5.41) is 0. The zero-order valence-electron chi connectivity index (χ0n) is 38.0. The summed E-state index contributed by atoms with van der Waals surface area (Å²) in [6.45, 7) is 31.1. The zero-order chi connectivity index (χ0) is 40.5. The van der Waals surface area contributed by atoms with Gasteiger partial charge in [-0.2, -0.15) is 0 Å². The highest BCUT2D eigenvalue weighted by molar-refractivity contribution is 15.0. The maximum Gasteiger partial charge on any atom is 0.0389 e. The molecule has 0 aromatic heterocycles. The van der Waals surface area contributed by atoms with Gasteiger partial charge < -0.3 is 17.2 Å². The van der Waals surface area contributed by atoms with Gasteiger partial charge in [0.15, 0.2) is 0 Å². The van der Waals surface area contributed by atoms with Gasteiger partial charge in [-0.1, -0.05) is 168 Å². The van der Waals surface area contributed by atoms with Crippen LogP contribution in [0.25, 0.3) is 0 Å². The minimum Gasteiger partial charge on any atom is -0.333 e. The maximum absolute atomic E-state index is 6.45. The predicted molar refractivity (Wildman–Crippen MR) is 242 cm³/mol. The molecule has 3 nitrogen and oxygen atoms in total.